The molecule has 96 valence electrons. The molecule has 0 saturated heterocycles. The van der Waals surface area contributed by atoms with Gasteiger partial charge in [0, 0.05) is 0 Å². The van der Waals surface area contributed by atoms with Gasteiger partial charge in [0.1, 0.15) is 11.4 Å². The number of aryl methyl sites for hydroxylation is 1. The molecule has 0 amide bonds. The molecule has 0 radical (unpaired) electrons. The first-order valence-corrected chi connectivity index (χ1v) is 7.04. The molecule has 0 aliphatic rings. The van der Waals surface area contributed by atoms with E-state index in [1.54, 1.807) is 17.4 Å². The van der Waals surface area contributed by atoms with Crippen LogP contribution in [0.25, 0.3) is 10.2 Å². The molecule has 5 nitrogen and oxygen atoms in total. The van der Waals surface area contributed by atoms with E-state index in [9.17, 15) is 4.79 Å². The Morgan fingerprint density at radius 2 is 2.26 bits per heavy atom. The molecule has 0 bridgehead atoms. The van der Waals surface area contributed by atoms with Gasteiger partial charge in [-0.05, 0) is 41.8 Å². The number of hydrogen-bond donors (Lipinski definition) is 1. The fourth-order valence-corrected chi connectivity index (χ4v) is 3.51. The summed E-state index contributed by atoms with van der Waals surface area (Å²) < 4.78 is 6.20. The van der Waals surface area contributed by atoms with Gasteiger partial charge in [0.2, 0.25) is 5.76 Å². The Morgan fingerprint density at radius 1 is 1.42 bits per heavy atom. The maximum absolute atomic E-state index is 10.8. The van der Waals surface area contributed by atoms with Crippen LogP contribution < -0.4 is 0 Å². The largest absolute Gasteiger partial charge is 0.475 e. The fraction of sp³-hybridized carbons (Fsp3) is 0.0833. The first-order chi connectivity index (χ1) is 9.15. The number of fused-ring (bicyclic) bond motifs is 1. The van der Waals surface area contributed by atoms with Crippen molar-refractivity contribution in [2.45, 2.75) is 17.0 Å². The van der Waals surface area contributed by atoms with Gasteiger partial charge in [0.15, 0.2) is 5.09 Å². The van der Waals surface area contributed by atoms with Crippen molar-refractivity contribution in [2.75, 3.05) is 0 Å². The molecule has 3 rings (SSSR count). The predicted octanol–water partition coefficient (Wildman–Crippen LogP) is 3.44. The lowest BCUT2D eigenvalue weighted by atomic mass is 10.3. The molecule has 7 heteroatoms. The number of furan rings is 1. The lowest BCUT2D eigenvalue weighted by Crippen LogP contribution is -1.91. The van der Waals surface area contributed by atoms with E-state index in [-0.39, 0.29) is 5.76 Å². The summed E-state index contributed by atoms with van der Waals surface area (Å²) in [5.74, 6) is -1.15. The number of carbonyl (C=O) groups is 1. The van der Waals surface area contributed by atoms with Crippen LogP contribution in [0.15, 0.2) is 38.4 Å². The predicted molar refractivity (Wildman–Crippen MR) is 71.9 cm³/mol. The third kappa shape index (κ3) is 2.22. The van der Waals surface area contributed by atoms with Gasteiger partial charge in [-0.3, -0.25) is 0 Å². The third-order valence-corrected chi connectivity index (χ3v) is 4.63. The van der Waals surface area contributed by atoms with E-state index in [0.717, 1.165) is 20.8 Å². The summed E-state index contributed by atoms with van der Waals surface area (Å²) >= 11 is 2.87. The quantitative estimate of drug-likeness (QED) is 0.745. The zero-order valence-electron chi connectivity index (χ0n) is 9.78. The standard InChI is InChI=1S/C12H8N2O3S2/c1-6-4-18-10-9(6)13-5-14-11(10)19-8-3-2-7(17-8)12(15)16/h2-5H,1H3,(H,15,16). The van der Waals surface area contributed by atoms with Crippen molar-refractivity contribution >= 4 is 39.3 Å². The van der Waals surface area contributed by atoms with Gasteiger partial charge in [-0.1, -0.05) is 0 Å². The van der Waals surface area contributed by atoms with Crippen LogP contribution >= 0.6 is 23.1 Å². The van der Waals surface area contributed by atoms with Crippen molar-refractivity contribution in [3.8, 4) is 0 Å². The summed E-state index contributed by atoms with van der Waals surface area (Å²) in [6.07, 6.45) is 1.51. The molecular formula is C12H8N2O3S2. The highest BCUT2D eigenvalue weighted by molar-refractivity contribution is 7.99. The van der Waals surface area contributed by atoms with Crippen molar-refractivity contribution in [1.29, 1.82) is 0 Å². The molecule has 0 saturated carbocycles. The van der Waals surface area contributed by atoms with Crippen LogP contribution in [-0.2, 0) is 0 Å². The molecular weight excluding hydrogens is 284 g/mol. The van der Waals surface area contributed by atoms with Gasteiger partial charge in [0.25, 0.3) is 0 Å². The zero-order chi connectivity index (χ0) is 13.4. The molecule has 3 heterocycles. The van der Waals surface area contributed by atoms with E-state index in [1.165, 1.54) is 24.2 Å². The van der Waals surface area contributed by atoms with Crippen molar-refractivity contribution in [3.63, 3.8) is 0 Å². The Labute approximate surface area is 116 Å². The van der Waals surface area contributed by atoms with Crippen LogP contribution in [-0.4, -0.2) is 21.0 Å². The molecule has 0 aliphatic heterocycles. The maximum Gasteiger partial charge on any atom is 0.371 e. The van der Waals surface area contributed by atoms with E-state index in [4.69, 9.17) is 9.52 Å². The number of carboxylic acids is 1. The Hall–Kier alpha value is -1.86. The number of aromatic nitrogens is 2. The molecule has 0 atom stereocenters. The molecule has 3 aromatic heterocycles. The smallest absolute Gasteiger partial charge is 0.371 e. The van der Waals surface area contributed by atoms with Crippen LogP contribution in [0.1, 0.15) is 16.1 Å². The Kier molecular flexibility index (Phi) is 3.00. The average Bonchev–Trinajstić information content (AvgIpc) is 2.98. The van der Waals surface area contributed by atoms with E-state index in [0.29, 0.717) is 5.09 Å². The summed E-state index contributed by atoms with van der Waals surface area (Å²) in [7, 11) is 0. The van der Waals surface area contributed by atoms with E-state index in [2.05, 4.69) is 9.97 Å². The zero-order valence-corrected chi connectivity index (χ0v) is 11.4. The summed E-state index contributed by atoms with van der Waals surface area (Å²) in [4.78, 5) is 19.2. The second kappa shape index (κ2) is 4.67. The van der Waals surface area contributed by atoms with E-state index < -0.39 is 5.97 Å². The summed E-state index contributed by atoms with van der Waals surface area (Å²) in [6, 6.07) is 3.06. The summed E-state index contributed by atoms with van der Waals surface area (Å²) in [6.45, 7) is 2.00. The minimum atomic E-state index is -1.08. The molecule has 0 aliphatic carbocycles. The van der Waals surface area contributed by atoms with E-state index >= 15 is 0 Å². The van der Waals surface area contributed by atoms with Crippen LogP contribution in [0.3, 0.4) is 0 Å². The first kappa shape index (κ1) is 12.2. The molecule has 0 aromatic carbocycles. The van der Waals surface area contributed by atoms with E-state index in [1.807, 2.05) is 12.3 Å². The number of aromatic carboxylic acids is 1. The van der Waals surface area contributed by atoms with Gasteiger partial charge in [0.05, 0.1) is 10.2 Å². The summed E-state index contributed by atoms with van der Waals surface area (Å²) in [5.41, 5.74) is 2.03. The maximum atomic E-state index is 10.8. The van der Waals surface area contributed by atoms with Gasteiger partial charge >= 0.3 is 5.97 Å². The topological polar surface area (TPSA) is 76.2 Å². The fourth-order valence-electron chi connectivity index (χ4n) is 1.61. The highest BCUT2D eigenvalue weighted by atomic mass is 32.2. The number of hydrogen-bond acceptors (Lipinski definition) is 6. The van der Waals surface area contributed by atoms with Gasteiger partial charge in [-0.25, -0.2) is 14.8 Å². The van der Waals surface area contributed by atoms with Gasteiger partial charge in [-0.15, -0.1) is 11.3 Å². The molecule has 0 fully saturated rings. The van der Waals surface area contributed by atoms with Gasteiger partial charge in [-0.2, -0.15) is 0 Å². The minimum absolute atomic E-state index is 0.0739. The second-order valence-electron chi connectivity index (χ2n) is 3.80. The SMILES string of the molecule is Cc1csc2c(Sc3ccc(C(=O)O)o3)ncnc12. The normalized spacial score (nSPS) is 11.0. The Balaban J connectivity index is 1.98. The lowest BCUT2D eigenvalue weighted by molar-refractivity contribution is 0.0656. The van der Waals surface area contributed by atoms with Crippen LogP contribution in [0, 0.1) is 6.92 Å². The van der Waals surface area contributed by atoms with Crippen molar-refractivity contribution in [2.24, 2.45) is 0 Å². The number of nitrogens with zero attached hydrogens (tertiary/aromatic N) is 2. The van der Waals surface area contributed by atoms with Crippen LogP contribution in [0.2, 0.25) is 0 Å². The second-order valence-corrected chi connectivity index (χ2v) is 5.67. The monoisotopic (exact) mass is 292 g/mol. The van der Waals surface area contributed by atoms with Crippen molar-refractivity contribution < 1.29 is 14.3 Å². The molecule has 19 heavy (non-hydrogen) atoms. The van der Waals surface area contributed by atoms with Crippen LogP contribution in [0.5, 0.6) is 0 Å². The number of rotatable bonds is 3. The molecule has 0 unspecified atom stereocenters. The van der Waals surface area contributed by atoms with Crippen molar-refractivity contribution in [3.05, 3.63) is 35.2 Å². The Morgan fingerprint density at radius 3 is 3.00 bits per heavy atom. The highest BCUT2D eigenvalue weighted by Gasteiger charge is 2.13. The Bertz CT molecular complexity index is 763. The molecule has 0 spiro atoms. The van der Waals surface area contributed by atoms with Crippen molar-refractivity contribution in [1.82, 2.24) is 9.97 Å². The minimum Gasteiger partial charge on any atom is -0.475 e. The first-order valence-electron chi connectivity index (χ1n) is 5.35. The van der Waals surface area contributed by atoms with Gasteiger partial charge < -0.3 is 9.52 Å². The molecule has 1 N–H and O–H groups in total. The molecule has 3 aromatic rings. The number of carboxylic acid groups (broad SMARTS) is 1. The highest BCUT2D eigenvalue weighted by Crippen LogP contribution is 2.35. The average molecular weight is 292 g/mol. The van der Waals surface area contributed by atoms with Crippen LogP contribution in [0.4, 0.5) is 0 Å². The number of thiophene rings is 1. The third-order valence-electron chi connectivity index (χ3n) is 2.49. The lowest BCUT2D eigenvalue weighted by Gasteiger charge is -1.98. The summed E-state index contributed by atoms with van der Waals surface area (Å²) in [5, 5.41) is 12.1.